The van der Waals surface area contributed by atoms with Gasteiger partial charge in [-0.25, -0.2) is 0 Å². The zero-order chi connectivity index (χ0) is 17.9. The SMILES string of the molecule is Cc1c(C)c(C)c2c(c1C)C(=O)c1c(Cl)ccc([N+](=O)[O-])c1C2=O. The molecule has 122 valence electrons. The maximum absolute atomic E-state index is 13.1. The van der Waals surface area contributed by atoms with Crippen LogP contribution in [0.2, 0.25) is 5.02 Å². The Labute approximate surface area is 143 Å². The van der Waals surface area contributed by atoms with E-state index >= 15 is 0 Å². The summed E-state index contributed by atoms with van der Waals surface area (Å²) in [5.41, 5.74) is 3.08. The van der Waals surface area contributed by atoms with Gasteiger partial charge in [-0.05, 0) is 56.0 Å². The Bertz CT molecular complexity index is 976. The Hall–Kier alpha value is -2.53. The highest BCUT2D eigenvalue weighted by molar-refractivity contribution is 6.40. The van der Waals surface area contributed by atoms with Gasteiger partial charge in [-0.1, -0.05) is 11.6 Å². The fourth-order valence-electron chi connectivity index (χ4n) is 3.30. The standard InChI is InChI=1S/C18H14ClNO4/c1-7-8(2)10(4)14-13(9(7)3)17(21)15-11(19)5-6-12(20(23)24)16(15)18(14)22/h5-6H,1-4H3. The quantitative estimate of drug-likeness (QED) is 0.488. The molecule has 0 radical (unpaired) electrons. The molecule has 0 saturated carbocycles. The number of nitro groups is 1. The highest BCUT2D eigenvalue weighted by Gasteiger charge is 2.39. The molecule has 2 aromatic rings. The van der Waals surface area contributed by atoms with E-state index in [2.05, 4.69) is 0 Å². The van der Waals surface area contributed by atoms with Crippen LogP contribution in [-0.4, -0.2) is 16.5 Å². The summed E-state index contributed by atoms with van der Waals surface area (Å²) in [4.78, 5) is 36.7. The molecule has 1 aliphatic carbocycles. The summed E-state index contributed by atoms with van der Waals surface area (Å²) in [5.74, 6) is -0.950. The summed E-state index contributed by atoms with van der Waals surface area (Å²) in [6.07, 6.45) is 0. The Morgan fingerprint density at radius 2 is 1.25 bits per heavy atom. The summed E-state index contributed by atoms with van der Waals surface area (Å²) in [6.45, 7) is 7.30. The number of nitrogens with zero attached hydrogens (tertiary/aromatic N) is 1. The van der Waals surface area contributed by atoms with Gasteiger partial charge >= 0.3 is 0 Å². The second kappa shape index (κ2) is 5.24. The van der Waals surface area contributed by atoms with E-state index in [9.17, 15) is 19.7 Å². The average molecular weight is 344 g/mol. The molecule has 0 aromatic heterocycles. The topological polar surface area (TPSA) is 77.3 Å². The first-order chi connectivity index (χ1) is 11.2. The number of carbonyl (C=O) groups is 2. The third-order valence-corrected chi connectivity index (χ3v) is 5.24. The molecule has 6 heteroatoms. The molecule has 0 atom stereocenters. The van der Waals surface area contributed by atoms with Crippen molar-refractivity contribution in [3.63, 3.8) is 0 Å². The lowest BCUT2D eigenvalue weighted by Gasteiger charge is -2.24. The summed E-state index contributed by atoms with van der Waals surface area (Å²) >= 11 is 6.11. The van der Waals surface area contributed by atoms with Crippen LogP contribution in [0.1, 0.15) is 54.1 Å². The lowest BCUT2D eigenvalue weighted by Crippen LogP contribution is -2.26. The monoisotopic (exact) mass is 343 g/mol. The molecular formula is C18H14ClNO4. The molecule has 3 rings (SSSR count). The number of carbonyl (C=O) groups excluding carboxylic acids is 2. The molecule has 0 fully saturated rings. The number of benzene rings is 2. The number of fused-ring (bicyclic) bond motifs is 2. The first-order valence-corrected chi connectivity index (χ1v) is 7.72. The number of halogens is 1. The summed E-state index contributed by atoms with van der Waals surface area (Å²) in [7, 11) is 0. The minimum absolute atomic E-state index is 0.0508. The Balaban J connectivity index is 2.50. The minimum Gasteiger partial charge on any atom is -0.288 e. The van der Waals surface area contributed by atoms with Crippen molar-refractivity contribution < 1.29 is 14.5 Å². The summed E-state index contributed by atoms with van der Waals surface area (Å²) in [6, 6.07) is 2.46. The van der Waals surface area contributed by atoms with Gasteiger partial charge in [0.2, 0.25) is 5.78 Å². The van der Waals surface area contributed by atoms with Crippen molar-refractivity contribution in [2.75, 3.05) is 0 Å². The molecule has 0 unspecified atom stereocenters. The molecule has 5 nitrogen and oxygen atoms in total. The van der Waals surface area contributed by atoms with E-state index < -0.39 is 22.2 Å². The largest absolute Gasteiger partial charge is 0.288 e. The van der Waals surface area contributed by atoms with Crippen LogP contribution in [0.5, 0.6) is 0 Å². The van der Waals surface area contributed by atoms with Gasteiger partial charge in [0, 0.05) is 17.2 Å². The maximum atomic E-state index is 13.1. The van der Waals surface area contributed by atoms with Crippen LogP contribution in [0.15, 0.2) is 12.1 Å². The molecule has 0 saturated heterocycles. The third kappa shape index (κ3) is 1.94. The van der Waals surface area contributed by atoms with Crippen LogP contribution >= 0.6 is 11.6 Å². The highest BCUT2D eigenvalue weighted by atomic mass is 35.5. The van der Waals surface area contributed by atoms with Crippen molar-refractivity contribution in [2.24, 2.45) is 0 Å². The van der Waals surface area contributed by atoms with E-state index in [1.807, 2.05) is 13.8 Å². The predicted octanol–water partition coefficient (Wildman–Crippen LogP) is 4.26. The van der Waals surface area contributed by atoms with Gasteiger partial charge in [0.25, 0.3) is 5.69 Å². The zero-order valence-corrected chi connectivity index (χ0v) is 14.4. The van der Waals surface area contributed by atoms with E-state index in [0.29, 0.717) is 16.7 Å². The third-order valence-electron chi connectivity index (χ3n) is 4.92. The Morgan fingerprint density at radius 3 is 1.71 bits per heavy atom. The molecule has 0 N–H and O–H groups in total. The van der Waals surface area contributed by atoms with Crippen LogP contribution in [0, 0.1) is 37.8 Å². The fourth-order valence-corrected chi connectivity index (χ4v) is 3.54. The fraction of sp³-hybridized carbons (Fsp3) is 0.222. The van der Waals surface area contributed by atoms with Gasteiger partial charge < -0.3 is 0 Å². The van der Waals surface area contributed by atoms with Crippen molar-refractivity contribution in [3.8, 4) is 0 Å². The Morgan fingerprint density at radius 1 is 0.792 bits per heavy atom. The second-order valence-electron chi connectivity index (χ2n) is 5.98. The molecule has 1 aliphatic rings. The molecule has 0 spiro atoms. The molecular weight excluding hydrogens is 330 g/mol. The average Bonchev–Trinajstić information content (AvgIpc) is 2.53. The number of hydrogen-bond donors (Lipinski definition) is 0. The molecule has 0 bridgehead atoms. The minimum atomic E-state index is -0.658. The Kier molecular flexibility index (Phi) is 3.57. The van der Waals surface area contributed by atoms with Gasteiger partial charge in [-0.15, -0.1) is 0 Å². The summed E-state index contributed by atoms with van der Waals surface area (Å²) in [5, 5.41) is 11.4. The predicted molar refractivity (Wildman–Crippen MR) is 90.4 cm³/mol. The second-order valence-corrected chi connectivity index (χ2v) is 6.39. The van der Waals surface area contributed by atoms with Crippen LogP contribution in [-0.2, 0) is 0 Å². The highest BCUT2D eigenvalue weighted by Crippen LogP contribution is 2.40. The maximum Gasteiger partial charge on any atom is 0.281 e. The van der Waals surface area contributed by atoms with Crippen molar-refractivity contribution >= 4 is 28.9 Å². The van der Waals surface area contributed by atoms with E-state index in [1.165, 1.54) is 12.1 Å². The van der Waals surface area contributed by atoms with Crippen molar-refractivity contribution in [3.05, 3.63) is 71.8 Å². The van der Waals surface area contributed by atoms with Crippen LogP contribution in [0.3, 0.4) is 0 Å². The van der Waals surface area contributed by atoms with E-state index in [0.717, 1.165) is 11.1 Å². The summed E-state index contributed by atoms with van der Waals surface area (Å²) < 4.78 is 0. The first-order valence-electron chi connectivity index (χ1n) is 7.35. The van der Waals surface area contributed by atoms with Crippen LogP contribution in [0.4, 0.5) is 5.69 Å². The molecule has 0 heterocycles. The van der Waals surface area contributed by atoms with Crippen LogP contribution in [0.25, 0.3) is 0 Å². The van der Waals surface area contributed by atoms with Crippen molar-refractivity contribution in [2.45, 2.75) is 27.7 Å². The number of nitro benzene ring substituents is 1. The number of ketones is 2. The normalized spacial score (nSPS) is 12.9. The lowest BCUT2D eigenvalue weighted by atomic mass is 9.76. The van der Waals surface area contributed by atoms with Crippen LogP contribution < -0.4 is 0 Å². The zero-order valence-electron chi connectivity index (χ0n) is 13.6. The lowest BCUT2D eigenvalue weighted by molar-refractivity contribution is -0.385. The molecule has 24 heavy (non-hydrogen) atoms. The smallest absolute Gasteiger partial charge is 0.281 e. The molecule has 0 amide bonds. The van der Waals surface area contributed by atoms with E-state index in [-0.39, 0.29) is 21.7 Å². The number of rotatable bonds is 1. The first kappa shape index (κ1) is 16.3. The molecule has 0 aliphatic heterocycles. The van der Waals surface area contributed by atoms with Gasteiger partial charge in [0.15, 0.2) is 5.78 Å². The van der Waals surface area contributed by atoms with E-state index in [4.69, 9.17) is 11.6 Å². The van der Waals surface area contributed by atoms with Gasteiger partial charge in [-0.3, -0.25) is 19.7 Å². The van der Waals surface area contributed by atoms with Gasteiger partial charge in [0.1, 0.15) is 5.56 Å². The van der Waals surface area contributed by atoms with Crippen molar-refractivity contribution in [1.29, 1.82) is 0 Å². The van der Waals surface area contributed by atoms with Gasteiger partial charge in [-0.2, -0.15) is 0 Å². The number of hydrogen-bond acceptors (Lipinski definition) is 4. The van der Waals surface area contributed by atoms with E-state index in [1.54, 1.807) is 13.8 Å². The van der Waals surface area contributed by atoms with Gasteiger partial charge in [0.05, 0.1) is 15.5 Å². The molecule has 2 aromatic carbocycles. The van der Waals surface area contributed by atoms with Crippen molar-refractivity contribution in [1.82, 2.24) is 0 Å².